The Labute approximate surface area is 197 Å². The van der Waals surface area contributed by atoms with Gasteiger partial charge in [0.2, 0.25) is 0 Å². The Morgan fingerprint density at radius 2 is 1.97 bits per heavy atom. The van der Waals surface area contributed by atoms with Crippen LogP contribution in [0.25, 0.3) is 16.8 Å². The highest BCUT2D eigenvalue weighted by Crippen LogP contribution is 2.38. The molecular formula is C26H25ClFN5. The van der Waals surface area contributed by atoms with Gasteiger partial charge in [-0.05, 0) is 68.2 Å². The van der Waals surface area contributed by atoms with Gasteiger partial charge in [0, 0.05) is 30.5 Å². The number of nitrogens with zero attached hydrogens (tertiary/aromatic N) is 5. The number of aromatic nitrogens is 4. The molecule has 1 aromatic carbocycles. The third kappa shape index (κ3) is 3.48. The molecule has 33 heavy (non-hydrogen) atoms. The standard InChI is InChI=1S/C26H25ClFN5/c1-16-25(20-5-2-6-21(28)24(20)27)33-23(9-12-30-33)26(31-16)32-13-10-17-14-18-4-3-11-29-22(18)8-7-19(17)15-32/h2-6,9,11-12,17,19H,7-8,10,13-15H2,1H3. The Morgan fingerprint density at radius 3 is 2.88 bits per heavy atom. The van der Waals surface area contributed by atoms with Crippen LogP contribution in [-0.2, 0) is 12.8 Å². The smallest absolute Gasteiger partial charge is 0.155 e. The molecule has 168 valence electrons. The molecule has 0 N–H and O–H groups in total. The minimum absolute atomic E-state index is 0.0967. The van der Waals surface area contributed by atoms with Gasteiger partial charge in [0.1, 0.15) is 11.3 Å². The maximum Gasteiger partial charge on any atom is 0.155 e. The van der Waals surface area contributed by atoms with Gasteiger partial charge in [0.25, 0.3) is 0 Å². The molecule has 0 amide bonds. The van der Waals surface area contributed by atoms with Crippen LogP contribution in [0.4, 0.5) is 10.2 Å². The zero-order chi connectivity index (χ0) is 22.5. The number of anilines is 1. The van der Waals surface area contributed by atoms with E-state index in [1.807, 2.05) is 29.8 Å². The van der Waals surface area contributed by atoms with Crippen LogP contribution in [0.15, 0.2) is 48.8 Å². The lowest BCUT2D eigenvalue weighted by molar-refractivity contribution is 0.269. The van der Waals surface area contributed by atoms with Gasteiger partial charge in [0.15, 0.2) is 5.82 Å². The predicted octanol–water partition coefficient (Wildman–Crippen LogP) is 5.52. The van der Waals surface area contributed by atoms with Gasteiger partial charge >= 0.3 is 0 Å². The number of halogens is 2. The number of benzene rings is 1. The fourth-order valence-electron chi connectivity index (χ4n) is 5.66. The van der Waals surface area contributed by atoms with Crippen molar-refractivity contribution in [2.75, 3.05) is 18.0 Å². The van der Waals surface area contributed by atoms with Gasteiger partial charge in [-0.25, -0.2) is 13.9 Å². The summed E-state index contributed by atoms with van der Waals surface area (Å²) in [6, 6.07) is 11.1. The predicted molar refractivity (Wildman–Crippen MR) is 128 cm³/mol. The minimum atomic E-state index is -0.441. The van der Waals surface area contributed by atoms with Gasteiger partial charge in [0.05, 0.1) is 22.6 Å². The van der Waals surface area contributed by atoms with Crippen LogP contribution in [0.1, 0.15) is 29.8 Å². The fraction of sp³-hybridized carbons (Fsp3) is 0.346. The van der Waals surface area contributed by atoms with Gasteiger partial charge in [-0.3, -0.25) is 4.98 Å². The summed E-state index contributed by atoms with van der Waals surface area (Å²) >= 11 is 6.33. The Kier molecular flexibility index (Phi) is 5.06. The summed E-state index contributed by atoms with van der Waals surface area (Å²) in [5.74, 6) is 1.79. The second-order valence-electron chi connectivity index (χ2n) is 9.21. The molecule has 4 heterocycles. The van der Waals surface area contributed by atoms with Gasteiger partial charge in [-0.2, -0.15) is 5.10 Å². The van der Waals surface area contributed by atoms with Crippen molar-refractivity contribution in [3.63, 3.8) is 0 Å². The van der Waals surface area contributed by atoms with E-state index in [9.17, 15) is 4.39 Å². The SMILES string of the molecule is Cc1nc(N2CCC3Cc4cccnc4CCC3C2)c2ccnn2c1-c1cccc(F)c1Cl. The minimum Gasteiger partial charge on any atom is -0.355 e. The molecule has 5 nitrogen and oxygen atoms in total. The van der Waals surface area contributed by atoms with E-state index in [-0.39, 0.29) is 5.02 Å². The molecule has 4 aromatic rings. The highest BCUT2D eigenvalue weighted by atomic mass is 35.5. The lowest BCUT2D eigenvalue weighted by atomic mass is 9.81. The molecular weight excluding hydrogens is 437 g/mol. The monoisotopic (exact) mass is 461 g/mol. The quantitative estimate of drug-likeness (QED) is 0.394. The van der Waals surface area contributed by atoms with Crippen LogP contribution in [0.3, 0.4) is 0 Å². The van der Waals surface area contributed by atoms with Crippen molar-refractivity contribution in [2.24, 2.45) is 11.8 Å². The van der Waals surface area contributed by atoms with E-state index in [2.05, 4.69) is 27.1 Å². The van der Waals surface area contributed by atoms with Crippen LogP contribution in [-0.4, -0.2) is 32.7 Å². The topological polar surface area (TPSA) is 46.3 Å². The molecule has 0 spiro atoms. The van der Waals surface area contributed by atoms with E-state index >= 15 is 0 Å². The zero-order valence-electron chi connectivity index (χ0n) is 18.5. The molecule has 3 aromatic heterocycles. The number of hydrogen-bond acceptors (Lipinski definition) is 4. The van der Waals surface area contributed by atoms with Gasteiger partial charge in [-0.1, -0.05) is 29.8 Å². The van der Waals surface area contributed by atoms with Gasteiger partial charge < -0.3 is 4.90 Å². The summed E-state index contributed by atoms with van der Waals surface area (Å²) in [4.78, 5) is 12.1. The molecule has 2 unspecified atom stereocenters. The number of pyridine rings is 1. The van der Waals surface area contributed by atoms with Crippen LogP contribution >= 0.6 is 11.6 Å². The highest BCUT2D eigenvalue weighted by Gasteiger charge is 2.33. The first-order valence-corrected chi connectivity index (χ1v) is 11.9. The van der Waals surface area contributed by atoms with Crippen molar-refractivity contribution in [1.29, 1.82) is 0 Å². The molecule has 0 radical (unpaired) electrons. The normalized spacial score (nSPS) is 20.4. The van der Waals surface area contributed by atoms with Crippen molar-refractivity contribution in [3.8, 4) is 11.3 Å². The van der Waals surface area contributed by atoms with E-state index in [0.717, 1.165) is 61.5 Å². The summed E-state index contributed by atoms with van der Waals surface area (Å²) in [5.41, 5.74) is 5.73. The van der Waals surface area contributed by atoms with E-state index in [1.165, 1.54) is 17.3 Å². The fourth-order valence-corrected chi connectivity index (χ4v) is 5.87. The Hall–Kier alpha value is -2.99. The Morgan fingerprint density at radius 1 is 1.06 bits per heavy atom. The molecule has 0 saturated carbocycles. The molecule has 1 aliphatic heterocycles. The zero-order valence-corrected chi connectivity index (χ0v) is 19.3. The van der Waals surface area contributed by atoms with Crippen molar-refractivity contribution >= 4 is 22.9 Å². The van der Waals surface area contributed by atoms with E-state index in [0.29, 0.717) is 17.4 Å². The maximum absolute atomic E-state index is 14.2. The first-order valence-electron chi connectivity index (χ1n) is 11.6. The van der Waals surface area contributed by atoms with Crippen LogP contribution < -0.4 is 4.90 Å². The molecule has 1 fully saturated rings. The van der Waals surface area contributed by atoms with Crippen LogP contribution in [0.2, 0.25) is 5.02 Å². The molecule has 2 aliphatic rings. The number of fused-ring (bicyclic) bond motifs is 3. The average molecular weight is 462 g/mol. The second-order valence-corrected chi connectivity index (χ2v) is 9.58. The number of rotatable bonds is 2. The van der Waals surface area contributed by atoms with Crippen molar-refractivity contribution < 1.29 is 4.39 Å². The van der Waals surface area contributed by atoms with E-state index < -0.39 is 5.82 Å². The third-order valence-electron chi connectivity index (χ3n) is 7.32. The first kappa shape index (κ1) is 20.6. The van der Waals surface area contributed by atoms with E-state index in [1.54, 1.807) is 12.3 Å². The Balaban J connectivity index is 1.36. The average Bonchev–Trinajstić information content (AvgIpc) is 3.22. The molecule has 6 rings (SSSR count). The summed E-state index contributed by atoms with van der Waals surface area (Å²) in [6.45, 7) is 3.89. The number of piperidine rings is 1. The van der Waals surface area contributed by atoms with E-state index in [4.69, 9.17) is 16.6 Å². The van der Waals surface area contributed by atoms with Gasteiger partial charge in [-0.15, -0.1) is 0 Å². The second kappa shape index (κ2) is 8.10. The van der Waals surface area contributed by atoms with Crippen molar-refractivity contribution in [3.05, 3.63) is 76.6 Å². The number of aryl methyl sites for hydroxylation is 2. The highest BCUT2D eigenvalue weighted by molar-refractivity contribution is 6.33. The molecule has 2 atom stereocenters. The molecule has 0 bridgehead atoms. The number of hydrogen-bond donors (Lipinski definition) is 0. The lowest BCUT2D eigenvalue weighted by Crippen LogP contribution is -2.41. The maximum atomic E-state index is 14.2. The Bertz CT molecular complexity index is 1350. The molecule has 7 heteroatoms. The lowest BCUT2D eigenvalue weighted by Gasteiger charge is -2.39. The third-order valence-corrected chi connectivity index (χ3v) is 7.70. The summed E-state index contributed by atoms with van der Waals surface area (Å²) in [6.07, 6.45) is 8.13. The summed E-state index contributed by atoms with van der Waals surface area (Å²) in [7, 11) is 0. The summed E-state index contributed by atoms with van der Waals surface area (Å²) < 4.78 is 16.0. The molecule has 1 saturated heterocycles. The largest absolute Gasteiger partial charge is 0.355 e. The van der Waals surface area contributed by atoms with Crippen molar-refractivity contribution in [1.82, 2.24) is 19.6 Å². The molecule has 1 aliphatic carbocycles. The summed E-state index contributed by atoms with van der Waals surface area (Å²) in [5, 5.41) is 4.66. The van der Waals surface area contributed by atoms with Crippen molar-refractivity contribution in [2.45, 2.75) is 32.6 Å². The van der Waals surface area contributed by atoms with Crippen LogP contribution in [0, 0.1) is 24.6 Å². The van der Waals surface area contributed by atoms with Crippen LogP contribution in [0.5, 0.6) is 0 Å². The first-order chi connectivity index (χ1) is 16.1.